The van der Waals surface area contributed by atoms with Gasteiger partial charge in [0, 0.05) is 17.6 Å². The Morgan fingerprint density at radius 1 is 1.16 bits per heavy atom. The zero-order valence-corrected chi connectivity index (χ0v) is 15.3. The summed E-state index contributed by atoms with van der Waals surface area (Å²) in [5.74, 6) is 0.967. The highest BCUT2D eigenvalue weighted by Gasteiger charge is 2.21. The number of anilines is 2. The van der Waals surface area contributed by atoms with Gasteiger partial charge in [0.2, 0.25) is 0 Å². The van der Waals surface area contributed by atoms with Crippen LogP contribution in [0.15, 0.2) is 40.9 Å². The van der Waals surface area contributed by atoms with Crippen molar-refractivity contribution >= 4 is 38.3 Å². The van der Waals surface area contributed by atoms with Gasteiger partial charge in [-0.15, -0.1) is 0 Å². The summed E-state index contributed by atoms with van der Waals surface area (Å²) in [5.41, 5.74) is 8.92. The number of aryl methyl sites for hydroxylation is 1. The van der Waals surface area contributed by atoms with Crippen molar-refractivity contribution in [1.29, 1.82) is 0 Å². The van der Waals surface area contributed by atoms with Crippen molar-refractivity contribution in [2.24, 2.45) is 5.73 Å². The summed E-state index contributed by atoms with van der Waals surface area (Å²) in [6.07, 6.45) is 3.22. The van der Waals surface area contributed by atoms with Crippen LogP contribution in [0.1, 0.15) is 24.2 Å². The zero-order chi connectivity index (χ0) is 17.4. The second kappa shape index (κ2) is 6.69. The minimum atomic E-state index is -0.319. The minimum absolute atomic E-state index is 0.243. The van der Waals surface area contributed by atoms with Crippen molar-refractivity contribution in [2.75, 3.05) is 11.4 Å². The summed E-state index contributed by atoms with van der Waals surface area (Å²) < 4.78 is 14.6. The molecule has 4 rings (SSSR count). The van der Waals surface area contributed by atoms with Gasteiger partial charge in [0.25, 0.3) is 0 Å². The lowest BCUT2D eigenvalue weighted by Gasteiger charge is -2.25. The molecule has 3 aromatic rings. The second-order valence-electron chi connectivity index (χ2n) is 6.19. The van der Waals surface area contributed by atoms with Crippen LogP contribution in [-0.2, 0) is 13.0 Å². The van der Waals surface area contributed by atoms with Crippen molar-refractivity contribution in [3.05, 3.63) is 58.1 Å². The number of hydrogen-bond acceptors (Lipinski definition) is 4. The van der Waals surface area contributed by atoms with Gasteiger partial charge in [-0.25, -0.2) is 14.4 Å². The maximum absolute atomic E-state index is 14.2. The number of halogens is 2. The number of fused-ring (bicyclic) bond motifs is 2. The molecule has 0 spiro atoms. The van der Waals surface area contributed by atoms with E-state index < -0.39 is 0 Å². The van der Waals surface area contributed by atoms with Crippen LogP contribution in [0.5, 0.6) is 0 Å². The smallest absolute Gasteiger partial charge is 0.144 e. The Balaban J connectivity index is 1.98. The van der Waals surface area contributed by atoms with E-state index in [0.29, 0.717) is 21.2 Å². The molecule has 0 bridgehead atoms. The van der Waals surface area contributed by atoms with E-state index in [2.05, 4.69) is 49.0 Å². The molecule has 0 unspecified atom stereocenters. The van der Waals surface area contributed by atoms with Crippen LogP contribution in [0, 0.1) is 5.82 Å². The number of rotatable bonds is 2. The Morgan fingerprint density at radius 2 is 2.00 bits per heavy atom. The van der Waals surface area contributed by atoms with E-state index in [9.17, 15) is 4.39 Å². The van der Waals surface area contributed by atoms with Gasteiger partial charge in [0.15, 0.2) is 0 Å². The van der Waals surface area contributed by atoms with Crippen LogP contribution in [-0.4, -0.2) is 16.5 Å². The van der Waals surface area contributed by atoms with Crippen molar-refractivity contribution in [1.82, 2.24) is 9.97 Å². The standard InChI is InChI=1S/C19H18BrFN4/c20-14-10-16-13(9-15(14)21)19(24-18(11-22)23-16)25-8-4-3-6-12-5-1-2-7-17(12)25/h1-2,5,7,9-10H,3-4,6,8,11,22H2. The summed E-state index contributed by atoms with van der Waals surface area (Å²) >= 11 is 3.24. The first-order valence-electron chi connectivity index (χ1n) is 8.38. The highest BCUT2D eigenvalue weighted by molar-refractivity contribution is 9.10. The Morgan fingerprint density at radius 3 is 2.84 bits per heavy atom. The monoisotopic (exact) mass is 400 g/mol. The first-order valence-corrected chi connectivity index (χ1v) is 9.18. The number of nitrogens with two attached hydrogens (primary N) is 1. The van der Waals surface area contributed by atoms with Gasteiger partial charge >= 0.3 is 0 Å². The number of aromatic nitrogens is 2. The predicted octanol–water partition coefficient (Wildman–Crippen LogP) is 4.46. The Kier molecular flexibility index (Phi) is 4.39. The van der Waals surface area contributed by atoms with Gasteiger partial charge in [-0.2, -0.15) is 0 Å². The van der Waals surface area contributed by atoms with E-state index in [1.807, 2.05) is 6.07 Å². The molecule has 0 saturated carbocycles. The van der Waals surface area contributed by atoms with Crippen LogP contribution in [0.3, 0.4) is 0 Å². The third-order valence-corrected chi connectivity index (χ3v) is 5.17. The highest BCUT2D eigenvalue weighted by atomic mass is 79.9. The average molecular weight is 401 g/mol. The summed E-state index contributed by atoms with van der Waals surface area (Å²) in [6.45, 7) is 1.08. The third kappa shape index (κ3) is 3.00. The molecule has 4 nitrogen and oxygen atoms in total. The van der Waals surface area contributed by atoms with Gasteiger partial charge < -0.3 is 10.6 Å². The van der Waals surface area contributed by atoms with Crippen LogP contribution >= 0.6 is 15.9 Å². The van der Waals surface area contributed by atoms with E-state index in [1.54, 1.807) is 6.07 Å². The number of nitrogens with zero attached hydrogens (tertiary/aromatic N) is 3. The van der Waals surface area contributed by atoms with Gasteiger partial charge in [0.05, 0.1) is 16.5 Å². The molecule has 0 amide bonds. The fourth-order valence-corrected chi connectivity index (χ4v) is 3.69. The van der Waals surface area contributed by atoms with E-state index >= 15 is 0 Å². The molecule has 1 aliphatic rings. The van der Waals surface area contributed by atoms with Gasteiger partial charge in [-0.1, -0.05) is 18.2 Å². The number of para-hydroxylation sites is 1. The van der Waals surface area contributed by atoms with E-state index in [-0.39, 0.29) is 12.4 Å². The lowest BCUT2D eigenvalue weighted by atomic mass is 10.1. The average Bonchev–Trinajstić information content (AvgIpc) is 2.84. The Labute approximate surface area is 154 Å². The molecule has 0 aliphatic carbocycles. The topological polar surface area (TPSA) is 55.0 Å². The molecule has 1 aromatic heterocycles. The van der Waals surface area contributed by atoms with Crippen LogP contribution in [0.25, 0.3) is 10.9 Å². The van der Waals surface area contributed by atoms with Gasteiger partial charge in [0.1, 0.15) is 17.5 Å². The molecule has 2 aromatic carbocycles. The molecule has 2 N–H and O–H groups in total. The normalized spacial score (nSPS) is 14.4. The first-order chi connectivity index (χ1) is 12.2. The van der Waals surface area contributed by atoms with Crippen molar-refractivity contribution < 1.29 is 4.39 Å². The molecular weight excluding hydrogens is 383 g/mol. The van der Waals surface area contributed by atoms with E-state index in [0.717, 1.165) is 37.3 Å². The summed E-state index contributed by atoms with van der Waals surface area (Å²) in [4.78, 5) is 11.3. The predicted molar refractivity (Wildman–Crippen MR) is 101 cm³/mol. The summed E-state index contributed by atoms with van der Waals surface area (Å²) in [5, 5.41) is 0.703. The lowest BCUT2D eigenvalue weighted by molar-refractivity contribution is 0.623. The third-order valence-electron chi connectivity index (χ3n) is 4.56. The molecule has 128 valence electrons. The van der Waals surface area contributed by atoms with Gasteiger partial charge in [-0.3, -0.25) is 0 Å². The maximum atomic E-state index is 14.2. The van der Waals surface area contributed by atoms with E-state index in [1.165, 1.54) is 11.6 Å². The molecule has 0 saturated heterocycles. The fraction of sp³-hybridized carbons (Fsp3) is 0.263. The summed E-state index contributed by atoms with van der Waals surface area (Å²) in [6, 6.07) is 11.5. The van der Waals surface area contributed by atoms with E-state index in [4.69, 9.17) is 5.73 Å². The second-order valence-corrected chi connectivity index (χ2v) is 7.04. The minimum Gasteiger partial charge on any atom is -0.326 e. The maximum Gasteiger partial charge on any atom is 0.144 e. The molecule has 0 fully saturated rings. The lowest BCUT2D eigenvalue weighted by Crippen LogP contribution is -2.21. The van der Waals surface area contributed by atoms with Crippen molar-refractivity contribution in [3.8, 4) is 0 Å². The molecule has 2 heterocycles. The van der Waals surface area contributed by atoms with Crippen LogP contribution < -0.4 is 10.6 Å². The molecule has 25 heavy (non-hydrogen) atoms. The zero-order valence-electron chi connectivity index (χ0n) is 13.7. The van der Waals surface area contributed by atoms with Crippen molar-refractivity contribution in [2.45, 2.75) is 25.8 Å². The molecular formula is C19H18BrFN4. The molecule has 6 heteroatoms. The quantitative estimate of drug-likeness (QED) is 0.689. The Bertz CT molecular complexity index is 944. The number of hydrogen-bond donors (Lipinski definition) is 1. The molecule has 0 atom stereocenters. The van der Waals surface area contributed by atoms with Crippen LogP contribution in [0.4, 0.5) is 15.9 Å². The van der Waals surface area contributed by atoms with Crippen LogP contribution in [0.2, 0.25) is 0 Å². The summed E-state index contributed by atoms with van der Waals surface area (Å²) in [7, 11) is 0. The molecule has 0 radical (unpaired) electrons. The van der Waals surface area contributed by atoms with Gasteiger partial charge in [-0.05, 0) is 59.0 Å². The highest BCUT2D eigenvalue weighted by Crippen LogP contribution is 2.36. The fourth-order valence-electron chi connectivity index (χ4n) is 3.36. The Hall–Kier alpha value is -2.05. The SMILES string of the molecule is NCc1nc(N2CCCCc3ccccc32)c2cc(F)c(Br)cc2n1. The molecule has 1 aliphatic heterocycles. The first kappa shape index (κ1) is 16.4. The number of benzene rings is 2. The van der Waals surface area contributed by atoms with Crippen molar-refractivity contribution in [3.63, 3.8) is 0 Å². The largest absolute Gasteiger partial charge is 0.326 e.